The van der Waals surface area contributed by atoms with Crippen LogP contribution in [-0.2, 0) is 14.2 Å². The van der Waals surface area contributed by atoms with Crippen molar-refractivity contribution in [3.63, 3.8) is 0 Å². The van der Waals surface area contributed by atoms with Crippen molar-refractivity contribution >= 4 is 0 Å². The zero-order valence-electron chi connectivity index (χ0n) is 12.5. The predicted octanol–water partition coefficient (Wildman–Crippen LogP) is -6.11. The van der Waals surface area contributed by atoms with Gasteiger partial charge in [0.2, 0.25) is 0 Å². The van der Waals surface area contributed by atoms with Crippen LogP contribution >= 0.6 is 0 Å². The largest absolute Gasteiger partial charge is 0.394 e. The molecule has 2 saturated heterocycles. The Hall–Kier alpha value is -0.480. The van der Waals surface area contributed by atoms with Crippen molar-refractivity contribution in [3.05, 3.63) is 0 Å². The zero-order valence-corrected chi connectivity index (χ0v) is 12.5. The van der Waals surface area contributed by atoms with Crippen LogP contribution in [0.25, 0.3) is 0 Å². The molecule has 2 heterocycles. The number of hydrogen-bond acceptors (Lipinski definition) is 12. The molecule has 0 amide bonds. The van der Waals surface area contributed by atoms with Gasteiger partial charge in [0.25, 0.3) is 5.91 Å². The fourth-order valence-corrected chi connectivity index (χ4v) is 2.69. The van der Waals surface area contributed by atoms with Crippen molar-refractivity contribution in [2.24, 2.45) is 5.73 Å². The van der Waals surface area contributed by atoms with Gasteiger partial charge in [-0.05, 0) is 0 Å². The van der Waals surface area contributed by atoms with Crippen molar-refractivity contribution in [2.75, 3.05) is 13.2 Å². The van der Waals surface area contributed by atoms with Crippen LogP contribution in [0, 0.1) is 0 Å². The third kappa shape index (κ3) is 3.41. The molecule has 0 aliphatic carbocycles. The summed E-state index contributed by atoms with van der Waals surface area (Å²) in [6, 6.07) is 0. The van der Waals surface area contributed by atoms with E-state index in [-0.39, 0.29) is 0 Å². The second kappa shape index (κ2) is 7.41. The van der Waals surface area contributed by atoms with Crippen LogP contribution in [0.1, 0.15) is 0 Å². The summed E-state index contributed by atoms with van der Waals surface area (Å²) in [4.78, 5) is 0. The Morgan fingerprint density at radius 2 is 1.42 bits per heavy atom. The molecule has 12 nitrogen and oxygen atoms in total. The Labute approximate surface area is 136 Å². The minimum Gasteiger partial charge on any atom is -0.394 e. The first-order valence-corrected chi connectivity index (χ1v) is 7.26. The summed E-state index contributed by atoms with van der Waals surface area (Å²) in [5, 5.41) is 77.0. The van der Waals surface area contributed by atoms with E-state index in [9.17, 15) is 35.7 Å². The molecule has 24 heavy (non-hydrogen) atoms. The molecule has 0 aromatic carbocycles. The smallest absolute Gasteiger partial charge is 0.255 e. The van der Waals surface area contributed by atoms with Gasteiger partial charge in [0.05, 0.1) is 13.2 Å². The van der Waals surface area contributed by atoms with Gasteiger partial charge in [-0.1, -0.05) is 0 Å². The maximum absolute atomic E-state index is 10.0. The maximum atomic E-state index is 10.0. The van der Waals surface area contributed by atoms with Gasteiger partial charge in [-0.25, -0.2) is 0 Å². The van der Waals surface area contributed by atoms with E-state index in [2.05, 4.69) is 0 Å². The van der Waals surface area contributed by atoms with E-state index in [1.807, 2.05) is 0 Å². The number of rotatable bonds is 4. The minimum atomic E-state index is -2.50. The summed E-state index contributed by atoms with van der Waals surface area (Å²) in [5.74, 6) is -2.50. The van der Waals surface area contributed by atoms with Gasteiger partial charge in [-0.15, -0.1) is 0 Å². The highest BCUT2D eigenvalue weighted by atomic mass is 16.8. The molecular weight excluding hydrogens is 334 g/mol. The molecule has 0 aromatic rings. The van der Waals surface area contributed by atoms with Gasteiger partial charge in [0.1, 0.15) is 42.7 Å². The summed E-state index contributed by atoms with van der Waals surface area (Å²) in [6.45, 7) is -1.51. The summed E-state index contributed by atoms with van der Waals surface area (Å²) in [6.07, 6.45) is -15.2. The van der Waals surface area contributed by atoms with Crippen LogP contribution in [0.4, 0.5) is 0 Å². The third-order valence-electron chi connectivity index (χ3n) is 4.14. The average molecular weight is 357 g/mol. The predicted molar refractivity (Wildman–Crippen MR) is 71.7 cm³/mol. The molecule has 0 bridgehead atoms. The van der Waals surface area contributed by atoms with E-state index in [4.69, 9.17) is 25.1 Å². The monoisotopic (exact) mass is 357 g/mol. The van der Waals surface area contributed by atoms with Gasteiger partial charge in [-0.2, -0.15) is 0 Å². The molecule has 142 valence electrons. The maximum Gasteiger partial charge on any atom is 0.255 e. The zero-order chi connectivity index (χ0) is 18.2. The highest BCUT2D eigenvalue weighted by Crippen LogP contribution is 2.32. The summed E-state index contributed by atoms with van der Waals surface area (Å²) in [7, 11) is 0. The molecule has 2 aliphatic heterocycles. The van der Waals surface area contributed by atoms with E-state index in [0.29, 0.717) is 0 Å². The summed E-state index contributed by atoms with van der Waals surface area (Å²) < 4.78 is 15.2. The van der Waals surface area contributed by atoms with Gasteiger partial charge < -0.3 is 55.1 Å². The van der Waals surface area contributed by atoms with Crippen LogP contribution < -0.4 is 5.73 Å². The van der Waals surface area contributed by atoms with Crippen LogP contribution in [0.5, 0.6) is 0 Å². The standard InChI is InChI=1S/C12H23NO11/c13-12(10(20)7(18)5(16)3(1-14)23-12)24-9-4(2-15)22-11(21)8(19)6(9)17/h3-11,14-21H,1-2,13H2/t3-,4-,5+,6-,7+,8-,9?,10-,11+,12+/m1/s1. The van der Waals surface area contributed by atoms with E-state index in [1.165, 1.54) is 0 Å². The van der Waals surface area contributed by atoms with Crippen molar-refractivity contribution < 1.29 is 55.1 Å². The number of nitrogens with two attached hydrogens (primary N) is 1. The fourth-order valence-electron chi connectivity index (χ4n) is 2.69. The molecule has 1 unspecified atom stereocenters. The van der Waals surface area contributed by atoms with Gasteiger partial charge in [0, 0.05) is 0 Å². The molecule has 2 fully saturated rings. The van der Waals surface area contributed by atoms with Crippen molar-refractivity contribution in [1.29, 1.82) is 0 Å². The topological polar surface area (TPSA) is 216 Å². The second-order valence-corrected chi connectivity index (χ2v) is 5.80. The van der Waals surface area contributed by atoms with Gasteiger partial charge in [0.15, 0.2) is 12.4 Å². The fraction of sp³-hybridized carbons (Fsp3) is 1.00. The lowest BCUT2D eigenvalue weighted by molar-refractivity contribution is -0.400. The Kier molecular flexibility index (Phi) is 6.12. The Morgan fingerprint density at radius 1 is 0.833 bits per heavy atom. The van der Waals surface area contributed by atoms with Gasteiger partial charge in [-0.3, -0.25) is 5.73 Å². The first-order chi connectivity index (χ1) is 11.2. The van der Waals surface area contributed by atoms with Crippen molar-refractivity contribution in [2.45, 2.75) is 61.0 Å². The molecule has 12 heteroatoms. The molecule has 0 aromatic heterocycles. The molecule has 2 rings (SSSR count). The normalized spacial score (nSPS) is 53.1. The highest BCUT2D eigenvalue weighted by molar-refractivity contribution is 4.97. The van der Waals surface area contributed by atoms with Crippen LogP contribution in [-0.4, -0.2) is 115 Å². The van der Waals surface area contributed by atoms with Crippen molar-refractivity contribution in [1.82, 2.24) is 0 Å². The lowest BCUT2D eigenvalue weighted by Crippen LogP contribution is -2.73. The minimum absolute atomic E-state index is 0.744. The summed E-state index contributed by atoms with van der Waals surface area (Å²) >= 11 is 0. The summed E-state index contributed by atoms with van der Waals surface area (Å²) in [5.41, 5.74) is 5.74. The molecule has 10 atom stereocenters. The Balaban J connectivity index is 2.22. The quantitative estimate of drug-likeness (QED) is 0.215. The average Bonchev–Trinajstić information content (AvgIpc) is 2.57. The van der Waals surface area contributed by atoms with E-state index >= 15 is 0 Å². The number of aliphatic hydroxyl groups is 8. The molecule has 0 radical (unpaired) electrons. The molecule has 0 saturated carbocycles. The SMILES string of the molecule is N[C@]1(OC2[C@@H](CO)O[C@H](O)[C@H](O)[C@H]2O)O[C@H](CO)[C@H](O)[C@H](O)[C@H]1O. The Morgan fingerprint density at radius 3 is 1.96 bits per heavy atom. The van der Waals surface area contributed by atoms with Gasteiger partial charge >= 0.3 is 0 Å². The third-order valence-corrected chi connectivity index (χ3v) is 4.14. The van der Waals surface area contributed by atoms with E-state index < -0.39 is 74.2 Å². The first kappa shape index (κ1) is 19.8. The lowest BCUT2D eigenvalue weighted by Gasteiger charge is -2.49. The number of ether oxygens (including phenoxy) is 3. The van der Waals surface area contributed by atoms with Crippen LogP contribution in [0.2, 0.25) is 0 Å². The Bertz CT molecular complexity index is 424. The van der Waals surface area contributed by atoms with Crippen molar-refractivity contribution in [3.8, 4) is 0 Å². The van der Waals surface area contributed by atoms with E-state index in [0.717, 1.165) is 0 Å². The lowest BCUT2D eigenvalue weighted by atomic mass is 9.95. The number of hydrogen-bond donors (Lipinski definition) is 9. The van der Waals surface area contributed by atoms with Crippen LogP contribution in [0.3, 0.4) is 0 Å². The van der Waals surface area contributed by atoms with Crippen LogP contribution in [0.15, 0.2) is 0 Å². The molecular formula is C12H23NO11. The molecule has 10 N–H and O–H groups in total. The number of aliphatic hydroxyl groups excluding tert-OH is 8. The highest BCUT2D eigenvalue weighted by Gasteiger charge is 2.56. The van der Waals surface area contributed by atoms with E-state index in [1.54, 1.807) is 0 Å². The first-order valence-electron chi connectivity index (χ1n) is 7.26. The molecule has 2 aliphatic rings. The second-order valence-electron chi connectivity index (χ2n) is 5.80. The molecule has 0 spiro atoms.